The van der Waals surface area contributed by atoms with Crippen LogP contribution in [0, 0.1) is 0 Å². The fourth-order valence-corrected chi connectivity index (χ4v) is 2.99. The highest BCUT2D eigenvalue weighted by Crippen LogP contribution is 2.31. The van der Waals surface area contributed by atoms with Crippen molar-refractivity contribution in [3.8, 4) is 11.3 Å². The maximum absolute atomic E-state index is 13.7. The van der Waals surface area contributed by atoms with E-state index in [1.165, 1.54) is 30.7 Å². The van der Waals surface area contributed by atoms with E-state index in [-0.39, 0.29) is 11.5 Å². The lowest BCUT2D eigenvalue weighted by atomic mass is 10.0. The third-order valence-corrected chi connectivity index (χ3v) is 4.43. The normalized spacial score (nSPS) is 11.4. The van der Waals surface area contributed by atoms with Crippen LogP contribution in [0.1, 0.15) is 22.8 Å². The Bertz CT molecular complexity index is 1190. The first-order valence-electron chi connectivity index (χ1n) is 8.88. The summed E-state index contributed by atoms with van der Waals surface area (Å²) in [5.41, 5.74) is 1.79. The molecule has 0 saturated heterocycles. The van der Waals surface area contributed by atoms with Crippen LogP contribution in [0.15, 0.2) is 73.2 Å². The van der Waals surface area contributed by atoms with E-state index in [0.717, 1.165) is 12.3 Å². The number of rotatable bonds is 4. The second-order valence-corrected chi connectivity index (χ2v) is 6.59. The molecule has 29 heavy (non-hydrogen) atoms. The van der Waals surface area contributed by atoms with Crippen LogP contribution in [0.4, 0.5) is 14.6 Å². The number of para-hydroxylation sites is 1. The summed E-state index contributed by atoms with van der Waals surface area (Å²) in [7, 11) is 0. The lowest BCUT2D eigenvalue weighted by Gasteiger charge is -2.12. The molecular formula is C22H16F2N4O. The molecule has 0 radical (unpaired) electrons. The first-order valence-corrected chi connectivity index (χ1v) is 8.88. The second kappa shape index (κ2) is 7.35. The number of carbonyl (C=O) groups is 1. The molecule has 0 bridgehead atoms. The fourth-order valence-electron chi connectivity index (χ4n) is 2.99. The van der Waals surface area contributed by atoms with Crippen molar-refractivity contribution < 1.29 is 13.6 Å². The van der Waals surface area contributed by atoms with E-state index in [1.807, 2.05) is 12.1 Å². The number of hydrogen-bond acceptors (Lipinski definition) is 4. The Morgan fingerprint density at radius 2 is 1.86 bits per heavy atom. The summed E-state index contributed by atoms with van der Waals surface area (Å²) in [4.78, 5) is 25.3. The van der Waals surface area contributed by atoms with Crippen molar-refractivity contribution >= 4 is 22.6 Å². The number of fused-ring (bicyclic) bond motifs is 1. The average Bonchev–Trinajstić information content (AvgIpc) is 2.73. The number of alkyl halides is 2. The van der Waals surface area contributed by atoms with Gasteiger partial charge in [0.25, 0.3) is 11.8 Å². The van der Waals surface area contributed by atoms with Gasteiger partial charge >= 0.3 is 0 Å². The van der Waals surface area contributed by atoms with Gasteiger partial charge in [-0.25, -0.2) is 18.7 Å². The Hall–Kier alpha value is -3.74. The summed E-state index contributed by atoms with van der Waals surface area (Å²) in [6.45, 7) is 0.856. The largest absolute Gasteiger partial charge is 0.305 e. The zero-order valence-electron chi connectivity index (χ0n) is 15.4. The van der Waals surface area contributed by atoms with E-state index >= 15 is 0 Å². The molecule has 1 N–H and O–H groups in total. The van der Waals surface area contributed by atoms with Crippen LogP contribution in [0.25, 0.3) is 22.2 Å². The SMILES string of the molecule is CC(F)(F)c1cccc(-c2ccc3cccc(C(=O)Nc4cnccn4)c3n2)c1. The Morgan fingerprint density at radius 3 is 2.62 bits per heavy atom. The van der Waals surface area contributed by atoms with Crippen molar-refractivity contribution in [1.82, 2.24) is 15.0 Å². The topological polar surface area (TPSA) is 67.8 Å². The van der Waals surface area contributed by atoms with Crippen LogP contribution in [0.5, 0.6) is 0 Å². The van der Waals surface area contributed by atoms with Crippen molar-refractivity contribution in [2.45, 2.75) is 12.8 Å². The van der Waals surface area contributed by atoms with Crippen LogP contribution in [0.3, 0.4) is 0 Å². The van der Waals surface area contributed by atoms with Gasteiger partial charge in [-0.15, -0.1) is 0 Å². The zero-order chi connectivity index (χ0) is 20.4. The molecule has 144 valence electrons. The molecule has 0 saturated carbocycles. The molecule has 4 aromatic rings. The van der Waals surface area contributed by atoms with Gasteiger partial charge < -0.3 is 5.32 Å². The molecule has 2 aromatic carbocycles. The highest BCUT2D eigenvalue weighted by molar-refractivity contribution is 6.11. The molecule has 2 aromatic heterocycles. The molecule has 0 fully saturated rings. The molecule has 0 unspecified atom stereocenters. The van der Waals surface area contributed by atoms with Gasteiger partial charge in [-0.05, 0) is 18.2 Å². The van der Waals surface area contributed by atoms with E-state index in [1.54, 1.807) is 30.3 Å². The number of benzene rings is 2. The van der Waals surface area contributed by atoms with E-state index in [9.17, 15) is 13.6 Å². The summed E-state index contributed by atoms with van der Waals surface area (Å²) in [5, 5.41) is 3.45. The first-order chi connectivity index (χ1) is 13.9. The number of halogens is 2. The molecule has 0 aliphatic rings. The third-order valence-electron chi connectivity index (χ3n) is 4.43. The monoisotopic (exact) mass is 390 g/mol. The van der Waals surface area contributed by atoms with Crippen molar-refractivity contribution in [2.75, 3.05) is 5.32 Å². The van der Waals surface area contributed by atoms with Crippen LogP contribution in [-0.4, -0.2) is 20.9 Å². The smallest absolute Gasteiger partial charge is 0.270 e. The minimum absolute atomic E-state index is 0.0921. The highest BCUT2D eigenvalue weighted by atomic mass is 19.3. The Morgan fingerprint density at radius 1 is 1.03 bits per heavy atom. The number of nitrogens with zero attached hydrogens (tertiary/aromatic N) is 3. The summed E-state index contributed by atoms with van der Waals surface area (Å²) < 4.78 is 27.4. The molecular weight excluding hydrogens is 374 g/mol. The lowest BCUT2D eigenvalue weighted by molar-refractivity contribution is 0.0175. The van der Waals surface area contributed by atoms with Gasteiger partial charge in [0.15, 0.2) is 5.82 Å². The molecule has 7 heteroatoms. The number of nitrogens with one attached hydrogen (secondary N) is 1. The number of pyridine rings is 1. The van der Waals surface area contributed by atoms with Crippen molar-refractivity contribution in [3.63, 3.8) is 0 Å². The number of hydrogen-bond donors (Lipinski definition) is 1. The quantitative estimate of drug-likeness (QED) is 0.529. The number of anilines is 1. The van der Waals surface area contributed by atoms with E-state index < -0.39 is 5.92 Å². The molecule has 1 amide bonds. The van der Waals surface area contributed by atoms with Crippen LogP contribution in [-0.2, 0) is 5.92 Å². The third kappa shape index (κ3) is 3.94. The summed E-state index contributed by atoms with van der Waals surface area (Å²) in [5.74, 6) is -3.01. The molecule has 0 aliphatic heterocycles. The van der Waals surface area contributed by atoms with Crippen LogP contribution in [0.2, 0.25) is 0 Å². The Kier molecular flexibility index (Phi) is 4.72. The molecule has 0 spiro atoms. The van der Waals surface area contributed by atoms with Crippen molar-refractivity contribution in [1.29, 1.82) is 0 Å². The Labute approximate surface area is 165 Å². The molecule has 4 rings (SSSR count). The van der Waals surface area contributed by atoms with Crippen molar-refractivity contribution in [3.05, 3.63) is 84.3 Å². The predicted molar refractivity (Wildman–Crippen MR) is 107 cm³/mol. The van der Waals surface area contributed by atoms with Gasteiger partial charge in [0.1, 0.15) is 0 Å². The summed E-state index contributed by atoms with van der Waals surface area (Å²) >= 11 is 0. The van der Waals surface area contributed by atoms with E-state index in [0.29, 0.717) is 28.2 Å². The van der Waals surface area contributed by atoms with Gasteiger partial charge in [-0.2, -0.15) is 0 Å². The van der Waals surface area contributed by atoms with Gasteiger partial charge in [0.05, 0.1) is 23.0 Å². The maximum Gasteiger partial charge on any atom is 0.270 e. The minimum Gasteiger partial charge on any atom is -0.305 e. The molecule has 0 atom stereocenters. The van der Waals surface area contributed by atoms with Crippen molar-refractivity contribution in [2.24, 2.45) is 0 Å². The van der Waals surface area contributed by atoms with E-state index in [2.05, 4.69) is 20.3 Å². The summed E-state index contributed by atoms with van der Waals surface area (Å²) in [6, 6.07) is 14.9. The van der Waals surface area contributed by atoms with Gasteiger partial charge in [-0.1, -0.05) is 36.4 Å². The molecule has 5 nitrogen and oxygen atoms in total. The van der Waals surface area contributed by atoms with Crippen LogP contribution >= 0.6 is 0 Å². The second-order valence-electron chi connectivity index (χ2n) is 6.59. The van der Waals surface area contributed by atoms with Crippen LogP contribution < -0.4 is 5.32 Å². The predicted octanol–water partition coefficient (Wildman–Crippen LogP) is 5.06. The molecule has 0 aliphatic carbocycles. The number of carbonyl (C=O) groups excluding carboxylic acids is 1. The van der Waals surface area contributed by atoms with E-state index in [4.69, 9.17) is 0 Å². The first kappa shape index (κ1) is 18.6. The highest BCUT2D eigenvalue weighted by Gasteiger charge is 2.24. The summed E-state index contributed by atoms with van der Waals surface area (Å²) in [6.07, 6.45) is 4.43. The minimum atomic E-state index is -2.95. The average molecular weight is 390 g/mol. The Balaban J connectivity index is 1.76. The lowest BCUT2D eigenvalue weighted by Crippen LogP contribution is -2.14. The number of amides is 1. The zero-order valence-corrected chi connectivity index (χ0v) is 15.4. The maximum atomic E-state index is 13.7. The van der Waals surface area contributed by atoms with Gasteiger partial charge in [-0.3, -0.25) is 9.78 Å². The fraction of sp³-hybridized carbons (Fsp3) is 0.0909. The number of aromatic nitrogens is 3. The van der Waals surface area contributed by atoms with Gasteiger partial charge in [0.2, 0.25) is 0 Å². The van der Waals surface area contributed by atoms with Gasteiger partial charge in [0, 0.05) is 35.8 Å². The standard InChI is InChI=1S/C22H16F2N4O/c1-22(23,24)16-6-2-5-15(12-16)18-9-8-14-4-3-7-17(20(14)27-18)21(29)28-19-13-25-10-11-26-19/h2-13H,1H3,(H,26,28,29). The molecule has 2 heterocycles.